The second-order valence-electron chi connectivity index (χ2n) is 3.83. The average Bonchev–Trinajstić information content (AvgIpc) is 2.35. The molecule has 0 aromatic heterocycles. The SMILES string of the molecule is O=C(CBr)COc1ccc2c(c1)CCC(=O)N2. The zero-order valence-electron chi connectivity index (χ0n) is 9.16. The number of halogens is 1. The number of carbonyl (C=O) groups excluding carboxylic acids is 2. The van der Waals surface area contributed by atoms with E-state index in [1.807, 2.05) is 6.07 Å². The molecular weight excluding hydrogens is 286 g/mol. The van der Waals surface area contributed by atoms with Gasteiger partial charge in [-0.1, -0.05) is 15.9 Å². The highest BCUT2D eigenvalue weighted by Gasteiger charge is 2.15. The number of benzene rings is 1. The molecule has 0 radical (unpaired) electrons. The molecular formula is C12H12BrNO3. The van der Waals surface area contributed by atoms with Gasteiger partial charge in [0.15, 0.2) is 5.78 Å². The number of ether oxygens (including phenoxy) is 1. The number of aryl methyl sites for hydroxylation is 1. The van der Waals surface area contributed by atoms with Crippen LogP contribution in [0.15, 0.2) is 18.2 Å². The molecule has 0 saturated carbocycles. The Balaban J connectivity index is 2.06. The predicted octanol–water partition coefficient (Wildman–Crippen LogP) is 1.91. The van der Waals surface area contributed by atoms with E-state index in [2.05, 4.69) is 21.2 Å². The molecule has 1 aliphatic heterocycles. The summed E-state index contributed by atoms with van der Waals surface area (Å²) < 4.78 is 5.36. The van der Waals surface area contributed by atoms with E-state index in [0.717, 1.165) is 11.3 Å². The van der Waals surface area contributed by atoms with E-state index in [1.165, 1.54) is 0 Å². The molecule has 0 atom stereocenters. The van der Waals surface area contributed by atoms with Crippen LogP contribution in [-0.4, -0.2) is 23.6 Å². The predicted molar refractivity (Wildman–Crippen MR) is 67.7 cm³/mol. The molecule has 0 spiro atoms. The Morgan fingerprint density at radius 2 is 2.24 bits per heavy atom. The summed E-state index contributed by atoms with van der Waals surface area (Å²) in [6.07, 6.45) is 1.21. The van der Waals surface area contributed by atoms with Crippen molar-refractivity contribution in [3.05, 3.63) is 23.8 Å². The highest BCUT2D eigenvalue weighted by atomic mass is 79.9. The molecule has 0 bridgehead atoms. The van der Waals surface area contributed by atoms with Crippen LogP contribution in [-0.2, 0) is 16.0 Å². The van der Waals surface area contributed by atoms with Gasteiger partial charge in [-0.25, -0.2) is 0 Å². The van der Waals surface area contributed by atoms with Gasteiger partial charge in [-0.15, -0.1) is 0 Å². The van der Waals surface area contributed by atoms with Gasteiger partial charge in [-0.05, 0) is 30.2 Å². The summed E-state index contributed by atoms with van der Waals surface area (Å²) >= 11 is 3.08. The molecule has 1 aromatic rings. The minimum atomic E-state index is -0.00368. The number of alkyl halides is 1. The van der Waals surface area contributed by atoms with Crippen LogP contribution >= 0.6 is 15.9 Å². The minimum absolute atomic E-state index is 0.00368. The molecule has 1 amide bonds. The van der Waals surface area contributed by atoms with E-state index >= 15 is 0 Å². The zero-order valence-corrected chi connectivity index (χ0v) is 10.7. The summed E-state index contributed by atoms with van der Waals surface area (Å²) in [6, 6.07) is 5.43. The van der Waals surface area contributed by atoms with E-state index in [4.69, 9.17) is 4.74 Å². The first-order valence-electron chi connectivity index (χ1n) is 5.32. The van der Waals surface area contributed by atoms with Crippen LogP contribution in [0.25, 0.3) is 0 Å². The Labute approximate surface area is 107 Å². The minimum Gasteiger partial charge on any atom is -0.486 e. The van der Waals surface area contributed by atoms with Gasteiger partial charge >= 0.3 is 0 Å². The van der Waals surface area contributed by atoms with Crippen molar-refractivity contribution in [1.82, 2.24) is 0 Å². The van der Waals surface area contributed by atoms with Crippen LogP contribution in [0, 0.1) is 0 Å². The van der Waals surface area contributed by atoms with Crippen LogP contribution in [0.4, 0.5) is 5.69 Å². The lowest BCUT2D eigenvalue weighted by Crippen LogP contribution is -2.19. The fourth-order valence-corrected chi connectivity index (χ4v) is 1.81. The number of carbonyl (C=O) groups is 2. The Morgan fingerprint density at radius 1 is 1.41 bits per heavy atom. The van der Waals surface area contributed by atoms with Gasteiger partial charge in [0.2, 0.25) is 5.91 Å². The summed E-state index contributed by atoms with van der Waals surface area (Å²) in [5, 5.41) is 3.09. The summed E-state index contributed by atoms with van der Waals surface area (Å²) in [4.78, 5) is 22.3. The molecule has 90 valence electrons. The van der Waals surface area contributed by atoms with Gasteiger partial charge in [-0.2, -0.15) is 0 Å². The largest absolute Gasteiger partial charge is 0.486 e. The molecule has 1 N–H and O–H groups in total. The summed E-state index contributed by atoms with van der Waals surface area (Å²) in [5.41, 5.74) is 1.88. The standard InChI is InChI=1S/C12H12BrNO3/c13-6-9(15)7-17-10-2-3-11-8(5-10)1-4-12(16)14-11/h2-3,5H,1,4,6-7H2,(H,14,16). The Hall–Kier alpha value is -1.36. The molecule has 17 heavy (non-hydrogen) atoms. The molecule has 0 unspecified atom stereocenters. The lowest BCUT2D eigenvalue weighted by molar-refractivity contribution is -0.118. The third kappa shape index (κ3) is 3.06. The number of Topliss-reactive ketones (excluding diaryl/α,β-unsaturated/α-hetero) is 1. The number of ketones is 1. The van der Waals surface area contributed by atoms with E-state index in [9.17, 15) is 9.59 Å². The number of hydrogen-bond donors (Lipinski definition) is 1. The number of amides is 1. The van der Waals surface area contributed by atoms with E-state index in [0.29, 0.717) is 23.9 Å². The van der Waals surface area contributed by atoms with Crippen LogP contribution in [0.5, 0.6) is 5.75 Å². The van der Waals surface area contributed by atoms with Gasteiger partial charge < -0.3 is 10.1 Å². The van der Waals surface area contributed by atoms with Crippen molar-refractivity contribution in [2.45, 2.75) is 12.8 Å². The van der Waals surface area contributed by atoms with Gasteiger partial charge in [0, 0.05) is 12.1 Å². The van der Waals surface area contributed by atoms with Crippen molar-refractivity contribution in [3.63, 3.8) is 0 Å². The topological polar surface area (TPSA) is 55.4 Å². The first kappa shape index (κ1) is 12.1. The maximum Gasteiger partial charge on any atom is 0.224 e. The highest BCUT2D eigenvalue weighted by Crippen LogP contribution is 2.26. The molecule has 1 aromatic carbocycles. The lowest BCUT2D eigenvalue weighted by atomic mass is 10.0. The number of nitrogens with one attached hydrogen (secondary N) is 1. The molecule has 4 nitrogen and oxygen atoms in total. The van der Waals surface area contributed by atoms with Crippen molar-refractivity contribution in [2.24, 2.45) is 0 Å². The van der Waals surface area contributed by atoms with Gasteiger partial charge in [0.25, 0.3) is 0 Å². The summed E-state index contributed by atoms with van der Waals surface area (Å²) in [5.74, 6) is 0.700. The summed E-state index contributed by atoms with van der Waals surface area (Å²) in [7, 11) is 0. The monoisotopic (exact) mass is 297 g/mol. The van der Waals surface area contributed by atoms with Gasteiger partial charge in [0.1, 0.15) is 12.4 Å². The molecule has 2 rings (SSSR count). The Kier molecular flexibility index (Phi) is 3.78. The second kappa shape index (κ2) is 5.31. The number of fused-ring (bicyclic) bond motifs is 1. The molecule has 0 fully saturated rings. The molecule has 5 heteroatoms. The fourth-order valence-electron chi connectivity index (χ4n) is 1.65. The van der Waals surface area contributed by atoms with Crippen molar-refractivity contribution in [3.8, 4) is 5.75 Å². The van der Waals surface area contributed by atoms with Gasteiger partial charge in [-0.3, -0.25) is 9.59 Å². The highest BCUT2D eigenvalue weighted by molar-refractivity contribution is 9.09. The maximum atomic E-state index is 11.2. The van der Waals surface area contributed by atoms with Crippen molar-refractivity contribution < 1.29 is 14.3 Å². The average molecular weight is 298 g/mol. The molecule has 0 aliphatic carbocycles. The van der Waals surface area contributed by atoms with Gasteiger partial charge in [0.05, 0.1) is 5.33 Å². The first-order valence-corrected chi connectivity index (χ1v) is 6.44. The van der Waals surface area contributed by atoms with E-state index in [-0.39, 0.29) is 18.3 Å². The van der Waals surface area contributed by atoms with E-state index < -0.39 is 0 Å². The molecule has 1 heterocycles. The van der Waals surface area contributed by atoms with Crippen molar-refractivity contribution in [2.75, 3.05) is 17.3 Å². The van der Waals surface area contributed by atoms with E-state index in [1.54, 1.807) is 12.1 Å². The zero-order chi connectivity index (χ0) is 12.3. The molecule has 0 saturated heterocycles. The normalized spacial score (nSPS) is 13.8. The second-order valence-corrected chi connectivity index (χ2v) is 4.39. The molecule has 1 aliphatic rings. The van der Waals surface area contributed by atoms with Crippen LogP contribution in [0.1, 0.15) is 12.0 Å². The number of rotatable bonds is 4. The van der Waals surface area contributed by atoms with Crippen LogP contribution in [0.3, 0.4) is 0 Å². The Bertz CT molecular complexity index is 459. The lowest BCUT2D eigenvalue weighted by Gasteiger charge is -2.17. The van der Waals surface area contributed by atoms with Crippen molar-refractivity contribution in [1.29, 1.82) is 0 Å². The third-order valence-electron chi connectivity index (χ3n) is 2.52. The number of hydrogen-bond acceptors (Lipinski definition) is 3. The third-order valence-corrected chi connectivity index (χ3v) is 3.15. The van der Waals surface area contributed by atoms with Crippen LogP contribution < -0.4 is 10.1 Å². The number of anilines is 1. The first-order chi connectivity index (χ1) is 8.19. The Morgan fingerprint density at radius 3 is 3.00 bits per heavy atom. The quantitative estimate of drug-likeness (QED) is 0.864. The maximum absolute atomic E-state index is 11.2. The smallest absolute Gasteiger partial charge is 0.224 e. The van der Waals surface area contributed by atoms with Crippen LogP contribution in [0.2, 0.25) is 0 Å². The van der Waals surface area contributed by atoms with Crippen molar-refractivity contribution >= 4 is 33.3 Å². The fraction of sp³-hybridized carbons (Fsp3) is 0.333. The summed E-state index contributed by atoms with van der Waals surface area (Å²) in [6.45, 7) is 0.0659.